The van der Waals surface area contributed by atoms with Crippen LogP contribution in [0.2, 0.25) is 0 Å². The Balaban J connectivity index is 2.40. The largest absolute Gasteiger partial charge is 0.487 e. The van der Waals surface area contributed by atoms with E-state index in [9.17, 15) is 12.8 Å². The van der Waals surface area contributed by atoms with Gasteiger partial charge in [-0.3, -0.25) is 0 Å². The average Bonchev–Trinajstić information content (AvgIpc) is 2.39. The van der Waals surface area contributed by atoms with Crippen LogP contribution in [0.5, 0.6) is 11.5 Å². The lowest BCUT2D eigenvalue weighted by molar-refractivity contribution is 0.162. The number of sulfonamides is 1. The third-order valence-corrected chi connectivity index (χ3v) is 2.99. The number of hydrogen-bond donors (Lipinski definition) is 1. The molecule has 0 saturated heterocycles. The molecule has 0 radical (unpaired) electrons. The number of rotatable bonds is 1. The monoisotopic (exact) mass is 247 g/mol. The van der Waals surface area contributed by atoms with Gasteiger partial charge in [-0.15, -0.1) is 0 Å². The minimum Gasteiger partial charge on any atom is -0.487 e. The number of hydrogen-bond acceptors (Lipinski definition) is 4. The first-order valence-corrected chi connectivity index (χ1v) is 6.08. The molecule has 1 aromatic rings. The minimum atomic E-state index is -3.79. The summed E-state index contributed by atoms with van der Waals surface area (Å²) in [5, 5.41) is 4.96. The van der Waals surface area contributed by atoms with Crippen molar-refractivity contribution in [3.63, 3.8) is 0 Å². The molecule has 7 heteroatoms. The molecule has 1 aliphatic heterocycles. The molecule has 5 nitrogen and oxygen atoms in total. The van der Waals surface area contributed by atoms with Crippen LogP contribution in [0.3, 0.4) is 0 Å². The fraction of sp³-hybridized carbons (Fsp3) is 0.333. The molecule has 0 spiro atoms. The maximum atomic E-state index is 13.0. The molecule has 1 aliphatic rings. The normalized spacial score (nSPS) is 20.2. The highest BCUT2D eigenvalue weighted by molar-refractivity contribution is 7.89. The Bertz CT molecular complexity index is 502. The van der Waals surface area contributed by atoms with E-state index < -0.39 is 16.2 Å². The Hall–Kier alpha value is -1.34. The predicted molar refractivity (Wildman–Crippen MR) is 53.7 cm³/mol. The van der Waals surface area contributed by atoms with Gasteiger partial charge >= 0.3 is 0 Å². The zero-order valence-electron chi connectivity index (χ0n) is 8.22. The number of primary sulfonamides is 1. The number of ether oxygens (including phenoxy) is 2. The van der Waals surface area contributed by atoms with Gasteiger partial charge in [0.2, 0.25) is 10.0 Å². The highest BCUT2D eigenvalue weighted by Gasteiger charge is 2.19. The van der Waals surface area contributed by atoms with Crippen molar-refractivity contribution in [1.29, 1.82) is 0 Å². The first-order chi connectivity index (χ1) is 7.47. The first kappa shape index (κ1) is 11.2. The smallest absolute Gasteiger partial charge is 0.238 e. The van der Waals surface area contributed by atoms with E-state index in [1.807, 2.05) is 0 Å². The Morgan fingerprint density at radius 2 is 1.88 bits per heavy atom. The van der Waals surface area contributed by atoms with Crippen molar-refractivity contribution in [3.05, 3.63) is 18.2 Å². The van der Waals surface area contributed by atoms with Crippen molar-refractivity contribution in [1.82, 2.24) is 0 Å². The SMILES string of the molecule is NS(=O)(=O)c1ccc2c(c1)OCC(F)CO2. The van der Waals surface area contributed by atoms with Gasteiger partial charge < -0.3 is 9.47 Å². The molecule has 1 unspecified atom stereocenters. The molecular weight excluding hydrogens is 237 g/mol. The third kappa shape index (κ3) is 2.25. The standard InChI is InChI=1S/C9H10FNO4S/c10-6-4-14-8-2-1-7(16(11,12)13)3-9(8)15-5-6/h1-3,6H,4-5H2,(H2,11,12,13). The van der Waals surface area contributed by atoms with E-state index in [1.165, 1.54) is 18.2 Å². The molecule has 0 saturated carbocycles. The molecule has 16 heavy (non-hydrogen) atoms. The van der Waals surface area contributed by atoms with Crippen LogP contribution in [-0.4, -0.2) is 27.8 Å². The van der Waals surface area contributed by atoms with E-state index >= 15 is 0 Å². The van der Waals surface area contributed by atoms with Gasteiger partial charge in [0, 0.05) is 6.07 Å². The van der Waals surface area contributed by atoms with Gasteiger partial charge in [-0.25, -0.2) is 17.9 Å². The fourth-order valence-corrected chi connectivity index (χ4v) is 1.83. The number of nitrogens with two attached hydrogens (primary N) is 1. The second-order valence-electron chi connectivity index (χ2n) is 3.37. The molecule has 2 N–H and O–H groups in total. The van der Waals surface area contributed by atoms with Crippen LogP contribution in [0.1, 0.15) is 0 Å². The van der Waals surface area contributed by atoms with E-state index in [4.69, 9.17) is 14.6 Å². The van der Waals surface area contributed by atoms with E-state index in [1.54, 1.807) is 0 Å². The van der Waals surface area contributed by atoms with Crippen LogP contribution in [0, 0.1) is 0 Å². The summed E-state index contributed by atoms with van der Waals surface area (Å²) < 4.78 is 45.3. The third-order valence-electron chi connectivity index (χ3n) is 2.08. The summed E-state index contributed by atoms with van der Waals surface area (Å²) in [6, 6.07) is 3.91. The van der Waals surface area contributed by atoms with E-state index in [0.717, 1.165) is 0 Å². The van der Waals surface area contributed by atoms with Gasteiger partial charge in [0.05, 0.1) is 4.90 Å². The van der Waals surface area contributed by atoms with Gasteiger partial charge in [-0.1, -0.05) is 0 Å². The molecule has 0 aromatic heterocycles. The van der Waals surface area contributed by atoms with E-state index in [2.05, 4.69) is 0 Å². The van der Waals surface area contributed by atoms with Crippen molar-refractivity contribution in [2.45, 2.75) is 11.1 Å². The quantitative estimate of drug-likeness (QED) is 0.781. The zero-order chi connectivity index (χ0) is 11.8. The van der Waals surface area contributed by atoms with Crippen LogP contribution in [-0.2, 0) is 10.0 Å². The van der Waals surface area contributed by atoms with Gasteiger partial charge in [0.1, 0.15) is 13.2 Å². The minimum absolute atomic E-state index is 0.0906. The second-order valence-corrected chi connectivity index (χ2v) is 4.93. The lowest BCUT2D eigenvalue weighted by Crippen LogP contribution is -2.17. The Kier molecular flexibility index (Phi) is 2.73. The van der Waals surface area contributed by atoms with Gasteiger partial charge in [-0.05, 0) is 12.1 Å². The Morgan fingerprint density at radius 3 is 2.50 bits per heavy atom. The number of benzene rings is 1. The van der Waals surface area contributed by atoms with Crippen LogP contribution in [0.4, 0.5) is 4.39 Å². The fourth-order valence-electron chi connectivity index (χ4n) is 1.31. The van der Waals surface area contributed by atoms with Crippen LogP contribution >= 0.6 is 0 Å². The topological polar surface area (TPSA) is 78.6 Å². The molecule has 0 aliphatic carbocycles. The molecule has 0 bridgehead atoms. The summed E-state index contributed by atoms with van der Waals surface area (Å²) in [7, 11) is -3.79. The Labute approximate surface area is 92.0 Å². The van der Waals surface area contributed by atoms with Crippen molar-refractivity contribution in [3.8, 4) is 11.5 Å². The molecule has 1 atom stereocenters. The average molecular weight is 247 g/mol. The van der Waals surface area contributed by atoms with Gasteiger partial charge in [-0.2, -0.15) is 0 Å². The summed E-state index contributed by atoms with van der Waals surface area (Å²) in [6.07, 6.45) is -1.23. The molecule has 2 rings (SSSR count). The lowest BCUT2D eigenvalue weighted by Gasteiger charge is -2.07. The molecule has 0 amide bonds. The van der Waals surface area contributed by atoms with Crippen molar-refractivity contribution in [2.24, 2.45) is 5.14 Å². The van der Waals surface area contributed by atoms with Crippen molar-refractivity contribution in [2.75, 3.05) is 13.2 Å². The summed E-state index contributed by atoms with van der Waals surface area (Å²) in [4.78, 5) is -0.0906. The maximum Gasteiger partial charge on any atom is 0.238 e. The number of alkyl halides is 1. The number of fused-ring (bicyclic) bond motifs is 1. The summed E-state index contributed by atoms with van der Waals surface area (Å²) in [5.74, 6) is 0.499. The van der Waals surface area contributed by atoms with Crippen molar-refractivity contribution < 1.29 is 22.3 Å². The van der Waals surface area contributed by atoms with Crippen LogP contribution < -0.4 is 14.6 Å². The lowest BCUT2D eigenvalue weighted by atomic mass is 10.3. The molecule has 1 heterocycles. The van der Waals surface area contributed by atoms with Gasteiger partial charge in [0.25, 0.3) is 0 Å². The zero-order valence-corrected chi connectivity index (χ0v) is 9.04. The highest BCUT2D eigenvalue weighted by atomic mass is 32.2. The predicted octanol–water partition coefficient (Wildman–Crippen LogP) is 0.443. The summed E-state index contributed by atoms with van der Waals surface area (Å²) >= 11 is 0. The second kappa shape index (κ2) is 3.91. The maximum absolute atomic E-state index is 13.0. The van der Waals surface area contributed by atoms with Gasteiger partial charge in [0.15, 0.2) is 17.7 Å². The summed E-state index contributed by atoms with van der Waals surface area (Å²) in [5.41, 5.74) is 0. The van der Waals surface area contributed by atoms with Crippen LogP contribution in [0.25, 0.3) is 0 Å². The van der Waals surface area contributed by atoms with E-state index in [0.29, 0.717) is 5.75 Å². The number of halogens is 1. The van der Waals surface area contributed by atoms with Crippen molar-refractivity contribution >= 4 is 10.0 Å². The molecule has 88 valence electrons. The highest BCUT2D eigenvalue weighted by Crippen LogP contribution is 2.31. The first-order valence-electron chi connectivity index (χ1n) is 4.53. The Morgan fingerprint density at radius 1 is 1.25 bits per heavy atom. The summed E-state index contributed by atoms with van der Waals surface area (Å²) in [6.45, 7) is -0.275. The molecular formula is C9H10FNO4S. The molecule has 0 fully saturated rings. The molecule has 1 aromatic carbocycles. The van der Waals surface area contributed by atoms with Crippen LogP contribution in [0.15, 0.2) is 23.1 Å². The van der Waals surface area contributed by atoms with E-state index in [-0.39, 0.29) is 23.9 Å².